The Kier molecular flexibility index (Phi) is 7.49. The van der Waals surface area contributed by atoms with E-state index >= 15 is 0 Å². The number of piperidine rings is 1. The molecule has 33 heavy (non-hydrogen) atoms. The van der Waals surface area contributed by atoms with Crippen LogP contribution in [0.1, 0.15) is 73.3 Å². The zero-order chi connectivity index (χ0) is 24.4. The number of carbonyl (C=O) groups excluding carboxylic acids is 2. The van der Waals surface area contributed by atoms with Crippen LogP contribution in [0.2, 0.25) is 0 Å². The summed E-state index contributed by atoms with van der Waals surface area (Å²) in [5, 5.41) is 2.82. The molecule has 0 saturated carbocycles. The second kappa shape index (κ2) is 9.67. The molecule has 7 nitrogen and oxygen atoms in total. The van der Waals surface area contributed by atoms with Gasteiger partial charge in [0.2, 0.25) is 5.91 Å². The van der Waals surface area contributed by atoms with E-state index in [0.29, 0.717) is 6.42 Å². The van der Waals surface area contributed by atoms with Gasteiger partial charge in [0.15, 0.2) is 0 Å². The van der Waals surface area contributed by atoms with Crippen molar-refractivity contribution in [3.05, 3.63) is 29.8 Å². The number of nitrogens with zero attached hydrogens (tertiary/aromatic N) is 1. The number of hydrogen-bond donors (Lipinski definition) is 1. The van der Waals surface area contributed by atoms with Crippen molar-refractivity contribution >= 4 is 24.6 Å². The summed E-state index contributed by atoms with van der Waals surface area (Å²) in [7, 11) is -0.481. The van der Waals surface area contributed by atoms with Gasteiger partial charge < -0.3 is 24.3 Å². The van der Waals surface area contributed by atoms with Gasteiger partial charge in [0, 0.05) is 19.5 Å². The van der Waals surface area contributed by atoms with Crippen LogP contribution < -0.4 is 10.8 Å². The summed E-state index contributed by atoms with van der Waals surface area (Å²) in [4.78, 5) is 27.7. The summed E-state index contributed by atoms with van der Waals surface area (Å²) in [6.07, 6.45) is 2.89. The number of nitrogens with one attached hydrogen (secondary N) is 1. The number of amides is 2. The molecule has 0 bridgehead atoms. The van der Waals surface area contributed by atoms with Gasteiger partial charge in [0.05, 0.1) is 11.2 Å². The molecule has 0 spiro atoms. The fraction of sp³-hybridized carbons (Fsp3) is 0.680. The van der Waals surface area contributed by atoms with Gasteiger partial charge >= 0.3 is 13.2 Å². The Bertz CT molecular complexity index is 843. The summed E-state index contributed by atoms with van der Waals surface area (Å²) in [6.45, 7) is 15.0. The molecule has 3 rings (SSSR count). The molecular formula is C25H39BN2O5. The van der Waals surface area contributed by atoms with Crippen LogP contribution in [0.4, 0.5) is 4.79 Å². The predicted molar refractivity (Wildman–Crippen MR) is 129 cm³/mol. The van der Waals surface area contributed by atoms with Gasteiger partial charge in [-0.15, -0.1) is 0 Å². The lowest BCUT2D eigenvalue weighted by Gasteiger charge is -2.32. The van der Waals surface area contributed by atoms with Crippen LogP contribution >= 0.6 is 0 Å². The average molecular weight is 458 g/mol. The molecule has 2 aliphatic heterocycles. The summed E-state index contributed by atoms with van der Waals surface area (Å²) in [6, 6.07) is 7.16. The van der Waals surface area contributed by atoms with E-state index in [1.807, 2.05) is 77.6 Å². The van der Waals surface area contributed by atoms with Crippen LogP contribution in [-0.2, 0) is 25.3 Å². The first-order valence-electron chi connectivity index (χ1n) is 12.0. The van der Waals surface area contributed by atoms with Crippen LogP contribution in [0, 0.1) is 0 Å². The number of carbonyl (C=O) groups is 2. The first-order valence-corrected chi connectivity index (χ1v) is 12.0. The number of benzene rings is 1. The second-order valence-electron chi connectivity index (χ2n) is 11.1. The smallest absolute Gasteiger partial charge is 0.444 e. The van der Waals surface area contributed by atoms with Gasteiger partial charge in [0.1, 0.15) is 11.6 Å². The van der Waals surface area contributed by atoms with E-state index in [4.69, 9.17) is 14.0 Å². The van der Waals surface area contributed by atoms with Gasteiger partial charge in [-0.05, 0) is 78.8 Å². The second-order valence-corrected chi connectivity index (χ2v) is 11.1. The monoisotopic (exact) mass is 458 g/mol. The Morgan fingerprint density at radius 2 is 1.70 bits per heavy atom. The lowest BCUT2D eigenvalue weighted by molar-refractivity contribution is -0.134. The molecule has 2 heterocycles. The normalized spacial score (nSPS) is 20.9. The van der Waals surface area contributed by atoms with Crippen molar-refractivity contribution in [1.29, 1.82) is 0 Å². The standard InChI is InChI=1S/C25H39BN2O5/c1-23(2,3)31-22(30)27-20(21(29)28-14-9-8-10-15-28)17-18-12-11-13-19(16-18)26-32-24(4,5)25(6,7)33-26/h11-13,16,20H,8-10,14-15,17H2,1-7H3,(H,27,30)/t20-/m0/s1. The Morgan fingerprint density at radius 1 is 1.09 bits per heavy atom. The number of ether oxygens (including phenoxy) is 1. The van der Waals surface area contributed by atoms with Gasteiger partial charge in [-0.25, -0.2) is 4.79 Å². The van der Waals surface area contributed by atoms with Crippen LogP contribution in [0.5, 0.6) is 0 Å². The van der Waals surface area contributed by atoms with Crippen molar-refractivity contribution in [1.82, 2.24) is 10.2 Å². The van der Waals surface area contributed by atoms with E-state index in [1.54, 1.807) is 0 Å². The van der Waals surface area contributed by atoms with Gasteiger partial charge in [-0.3, -0.25) is 4.79 Å². The van der Waals surface area contributed by atoms with Crippen LogP contribution in [0.3, 0.4) is 0 Å². The number of hydrogen-bond acceptors (Lipinski definition) is 5. The molecular weight excluding hydrogens is 419 g/mol. The number of likely N-dealkylation sites (tertiary alicyclic amines) is 1. The van der Waals surface area contributed by atoms with E-state index in [-0.39, 0.29) is 5.91 Å². The average Bonchev–Trinajstić information content (AvgIpc) is 2.93. The van der Waals surface area contributed by atoms with Crippen molar-refractivity contribution in [2.24, 2.45) is 0 Å². The fourth-order valence-electron chi connectivity index (χ4n) is 4.07. The zero-order valence-electron chi connectivity index (χ0n) is 21.2. The molecule has 2 saturated heterocycles. The van der Waals surface area contributed by atoms with Crippen molar-refractivity contribution in [2.75, 3.05) is 13.1 Å². The topological polar surface area (TPSA) is 77.1 Å². The maximum Gasteiger partial charge on any atom is 0.494 e. The third kappa shape index (κ3) is 6.51. The molecule has 2 amide bonds. The van der Waals surface area contributed by atoms with Gasteiger partial charge in [-0.1, -0.05) is 24.3 Å². The molecule has 1 aromatic carbocycles. The summed E-state index contributed by atoms with van der Waals surface area (Å²) in [5.41, 5.74) is 0.317. The highest BCUT2D eigenvalue weighted by Gasteiger charge is 2.51. The summed E-state index contributed by atoms with van der Waals surface area (Å²) < 4.78 is 17.8. The minimum atomic E-state index is -0.702. The molecule has 2 aliphatic rings. The molecule has 1 atom stereocenters. The predicted octanol–water partition coefficient (Wildman–Crippen LogP) is 3.43. The molecule has 1 N–H and O–H groups in total. The van der Waals surface area contributed by atoms with Crippen molar-refractivity contribution in [3.63, 3.8) is 0 Å². The maximum absolute atomic E-state index is 13.3. The lowest BCUT2D eigenvalue weighted by Crippen LogP contribution is -2.52. The minimum absolute atomic E-state index is 0.0680. The van der Waals surface area contributed by atoms with Crippen LogP contribution in [0.25, 0.3) is 0 Å². The molecule has 8 heteroatoms. The number of rotatable bonds is 5. The minimum Gasteiger partial charge on any atom is -0.444 e. The van der Waals surface area contributed by atoms with E-state index in [0.717, 1.165) is 43.4 Å². The largest absolute Gasteiger partial charge is 0.494 e. The third-order valence-electron chi connectivity index (χ3n) is 6.57. The third-order valence-corrected chi connectivity index (χ3v) is 6.57. The zero-order valence-corrected chi connectivity index (χ0v) is 21.2. The van der Waals surface area contributed by atoms with Crippen LogP contribution in [0.15, 0.2) is 24.3 Å². The maximum atomic E-state index is 13.3. The highest BCUT2D eigenvalue weighted by Crippen LogP contribution is 2.36. The molecule has 1 aromatic rings. The van der Waals surface area contributed by atoms with Gasteiger partial charge in [0.25, 0.3) is 0 Å². The highest BCUT2D eigenvalue weighted by molar-refractivity contribution is 6.62. The van der Waals surface area contributed by atoms with Crippen molar-refractivity contribution in [2.45, 2.75) is 97.0 Å². The summed E-state index contributed by atoms with van der Waals surface area (Å²) >= 11 is 0. The quantitative estimate of drug-likeness (QED) is 0.685. The molecule has 182 valence electrons. The van der Waals surface area contributed by atoms with E-state index in [1.165, 1.54) is 0 Å². The van der Waals surface area contributed by atoms with E-state index < -0.39 is 36.1 Å². The molecule has 0 radical (unpaired) electrons. The van der Waals surface area contributed by atoms with Crippen molar-refractivity contribution in [3.8, 4) is 0 Å². The Morgan fingerprint density at radius 3 is 2.27 bits per heavy atom. The van der Waals surface area contributed by atoms with Crippen molar-refractivity contribution < 1.29 is 23.6 Å². The lowest BCUT2D eigenvalue weighted by atomic mass is 9.78. The SMILES string of the molecule is CC(C)(C)OC(=O)N[C@@H](Cc1cccc(B2OC(C)(C)C(C)(C)O2)c1)C(=O)N1CCCCC1. The van der Waals surface area contributed by atoms with E-state index in [9.17, 15) is 9.59 Å². The fourth-order valence-corrected chi connectivity index (χ4v) is 4.07. The Labute approximate surface area is 198 Å². The van der Waals surface area contributed by atoms with Gasteiger partial charge in [-0.2, -0.15) is 0 Å². The number of alkyl carbamates (subject to hydrolysis) is 1. The van der Waals surface area contributed by atoms with Crippen LogP contribution in [-0.4, -0.2) is 60.0 Å². The molecule has 0 aromatic heterocycles. The Hall–Kier alpha value is -2.06. The molecule has 0 aliphatic carbocycles. The highest BCUT2D eigenvalue weighted by atomic mass is 16.7. The molecule has 2 fully saturated rings. The summed E-state index contributed by atoms with van der Waals surface area (Å²) in [5.74, 6) is -0.0680. The first-order chi connectivity index (χ1) is 15.3. The Balaban J connectivity index is 1.78. The first kappa shape index (κ1) is 25.6. The van der Waals surface area contributed by atoms with E-state index in [2.05, 4.69) is 5.32 Å². The molecule has 0 unspecified atom stereocenters.